The molecule has 3 aromatic rings. The predicted octanol–water partition coefficient (Wildman–Crippen LogP) is 5.08. The number of fused-ring (bicyclic) bond motifs is 5. The summed E-state index contributed by atoms with van der Waals surface area (Å²) in [5, 5.41) is 3.92. The fourth-order valence-electron chi connectivity index (χ4n) is 3.15. The van der Waals surface area contributed by atoms with Crippen LogP contribution in [0, 0.1) is 6.92 Å². The van der Waals surface area contributed by atoms with E-state index in [9.17, 15) is 0 Å². The van der Waals surface area contributed by atoms with Crippen LogP contribution in [0.25, 0.3) is 21.7 Å². The molecule has 2 heterocycles. The van der Waals surface area contributed by atoms with Crippen molar-refractivity contribution in [1.29, 1.82) is 0 Å². The lowest BCUT2D eigenvalue weighted by Gasteiger charge is -2.17. The molecule has 2 aromatic carbocycles. The molecular formula is C18H17NS. The van der Waals surface area contributed by atoms with Gasteiger partial charge in [-0.1, -0.05) is 38.1 Å². The van der Waals surface area contributed by atoms with Crippen LogP contribution in [0.1, 0.15) is 25.0 Å². The smallest absolute Gasteiger partial charge is 0.0791 e. The zero-order valence-electron chi connectivity index (χ0n) is 12.0. The van der Waals surface area contributed by atoms with E-state index in [4.69, 9.17) is 4.98 Å². The molecule has 0 unspecified atom stereocenters. The van der Waals surface area contributed by atoms with Crippen molar-refractivity contribution >= 4 is 33.4 Å². The Labute approximate surface area is 123 Å². The highest BCUT2D eigenvalue weighted by Gasteiger charge is 2.32. The second-order valence-electron chi connectivity index (χ2n) is 6.31. The summed E-state index contributed by atoms with van der Waals surface area (Å²) >= 11 is 1.98. The summed E-state index contributed by atoms with van der Waals surface area (Å²) < 4.78 is 0. The molecule has 0 radical (unpaired) electrons. The van der Waals surface area contributed by atoms with Gasteiger partial charge < -0.3 is 0 Å². The van der Waals surface area contributed by atoms with Crippen LogP contribution in [0.2, 0.25) is 0 Å². The summed E-state index contributed by atoms with van der Waals surface area (Å²) in [5.74, 6) is 1.15. The van der Waals surface area contributed by atoms with Gasteiger partial charge in [0.1, 0.15) is 0 Å². The molecule has 2 heteroatoms. The first-order chi connectivity index (χ1) is 9.58. The quantitative estimate of drug-likeness (QED) is 0.532. The van der Waals surface area contributed by atoms with Gasteiger partial charge >= 0.3 is 0 Å². The van der Waals surface area contributed by atoms with Gasteiger partial charge in [-0.3, -0.25) is 4.98 Å². The van der Waals surface area contributed by atoms with Crippen LogP contribution in [-0.4, -0.2) is 10.7 Å². The Morgan fingerprint density at radius 3 is 2.65 bits per heavy atom. The predicted molar refractivity (Wildman–Crippen MR) is 87.7 cm³/mol. The normalized spacial score (nSPS) is 16.8. The van der Waals surface area contributed by atoms with Gasteiger partial charge in [0.05, 0.1) is 5.52 Å². The number of aromatic nitrogens is 1. The Bertz CT molecular complexity index is 849. The van der Waals surface area contributed by atoms with Crippen molar-refractivity contribution in [2.75, 3.05) is 5.75 Å². The lowest BCUT2D eigenvalue weighted by molar-refractivity contribution is 0.603. The Morgan fingerprint density at radius 1 is 1.10 bits per heavy atom. The zero-order chi connectivity index (χ0) is 13.9. The average molecular weight is 279 g/mol. The molecule has 1 aromatic heterocycles. The van der Waals surface area contributed by atoms with Crippen molar-refractivity contribution in [2.45, 2.75) is 31.1 Å². The third-order valence-electron chi connectivity index (χ3n) is 4.34. The Balaban J connectivity index is 2.19. The van der Waals surface area contributed by atoms with Gasteiger partial charge in [0.15, 0.2) is 0 Å². The van der Waals surface area contributed by atoms with Crippen molar-refractivity contribution in [3.05, 3.63) is 47.7 Å². The van der Waals surface area contributed by atoms with Crippen molar-refractivity contribution in [3.63, 3.8) is 0 Å². The van der Waals surface area contributed by atoms with Gasteiger partial charge in [-0.25, -0.2) is 0 Å². The van der Waals surface area contributed by atoms with Crippen LogP contribution in [0.3, 0.4) is 0 Å². The number of nitrogens with zero attached hydrogens (tertiary/aromatic N) is 1. The van der Waals surface area contributed by atoms with E-state index in [1.807, 2.05) is 11.8 Å². The van der Waals surface area contributed by atoms with Crippen LogP contribution >= 0.6 is 11.8 Å². The second kappa shape index (κ2) is 3.98. The standard InChI is InChI=1S/C18H17NS/c1-11-8-14-16(13-7-5-4-6-12(11)13)19-9-15-17(14)20-10-18(15,2)3/h4-9H,10H2,1-3H3. The molecule has 1 aliphatic heterocycles. The van der Waals surface area contributed by atoms with Crippen LogP contribution in [0.5, 0.6) is 0 Å². The van der Waals surface area contributed by atoms with Gasteiger partial charge in [0.25, 0.3) is 0 Å². The van der Waals surface area contributed by atoms with Gasteiger partial charge in [-0.15, -0.1) is 11.8 Å². The number of rotatable bonds is 0. The van der Waals surface area contributed by atoms with Crippen molar-refractivity contribution in [3.8, 4) is 0 Å². The first-order valence-electron chi connectivity index (χ1n) is 7.02. The van der Waals surface area contributed by atoms with Crippen molar-refractivity contribution < 1.29 is 0 Å². The third-order valence-corrected chi connectivity index (χ3v) is 5.94. The Kier molecular flexibility index (Phi) is 2.43. The lowest BCUT2D eigenvalue weighted by atomic mass is 9.87. The molecule has 0 saturated carbocycles. The summed E-state index contributed by atoms with van der Waals surface area (Å²) in [6.07, 6.45) is 2.10. The van der Waals surface area contributed by atoms with Gasteiger partial charge in [-0.05, 0) is 29.5 Å². The maximum absolute atomic E-state index is 4.80. The van der Waals surface area contributed by atoms with Crippen molar-refractivity contribution in [2.24, 2.45) is 0 Å². The molecule has 0 N–H and O–H groups in total. The number of benzene rings is 2. The van der Waals surface area contributed by atoms with E-state index >= 15 is 0 Å². The minimum absolute atomic E-state index is 0.237. The minimum atomic E-state index is 0.237. The summed E-state index contributed by atoms with van der Waals surface area (Å²) in [6, 6.07) is 10.9. The van der Waals surface area contributed by atoms with E-state index in [0.717, 1.165) is 11.3 Å². The number of aryl methyl sites for hydroxylation is 1. The summed E-state index contributed by atoms with van der Waals surface area (Å²) in [6.45, 7) is 6.83. The molecule has 0 aliphatic carbocycles. The van der Waals surface area contributed by atoms with Gasteiger partial charge in [0, 0.05) is 33.0 Å². The average Bonchev–Trinajstić information content (AvgIpc) is 2.75. The summed E-state index contributed by atoms with van der Waals surface area (Å²) in [5.41, 5.74) is 4.13. The van der Waals surface area contributed by atoms with Crippen LogP contribution in [-0.2, 0) is 5.41 Å². The van der Waals surface area contributed by atoms with Gasteiger partial charge in [-0.2, -0.15) is 0 Å². The topological polar surface area (TPSA) is 12.9 Å². The first kappa shape index (κ1) is 12.2. The fourth-order valence-corrected chi connectivity index (χ4v) is 4.61. The molecule has 0 bridgehead atoms. The SMILES string of the molecule is Cc1cc2c3c(cnc2c2ccccc12)C(C)(C)CS3. The molecular weight excluding hydrogens is 262 g/mol. The van der Waals surface area contributed by atoms with E-state index < -0.39 is 0 Å². The van der Waals surface area contributed by atoms with E-state index in [1.54, 1.807) is 0 Å². The van der Waals surface area contributed by atoms with E-state index in [1.165, 1.54) is 32.2 Å². The third kappa shape index (κ3) is 1.55. The van der Waals surface area contributed by atoms with Crippen LogP contribution in [0.15, 0.2) is 41.4 Å². The van der Waals surface area contributed by atoms with Crippen LogP contribution < -0.4 is 0 Å². The first-order valence-corrected chi connectivity index (χ1v) is 8.01. The Morgan fingerprint density at radius 2 is 1.85 bits per heavy atom. The van der Waals surface area contributed by atoms with E-state index in [-0.39, 0.29) is 5.41 Å². The largest absolute Gasteiger partial charge is 0.255 e. The molecule has 1 aliphatic rings. The van der Waals surface area contributed by atoms with E-state index in [0.29, 0.717) is 0 Å². The zero-order valence-corrected chi connectivity index (χ0v) is 12.8. The highest BCUT2D eigenvalue weighted by atomic mass is 32.2. The van der Waals surface area contributed by atoms with E-state index in [2.05, 4.69) is 57.3 Å². The minimum Gasteiger partial charge on any atom is -0.255 e. The van der Waals surface area contributed by atoms with Crippen molar-refractivity contribution in [1.82, 2.24) is 4.98 Å². The number of hydrogen-bond acceptors (Lipinski definition) is 2. The molecule has 0 spiro atoms. The Hall–Kier alpha value is -1.54. The highest BCUT2D eigenvalue weighted by Crippen LogP contribution is 2.47. The lowest BCUT2D eigenvalue weighted by Crippen LogP contribution is -2.15. The molecule has 100 valence electrons. The monoisotopic (exact) mass is 279 g/mol. The molecule has 0 saturated heterocycles. The maximum atomic E-state index is 4.80. The molecule has 1 nitrogen and oxygen atoms in total. The second-order valence-corrected chi connectivity index (χ2v) is 7.29. The molecule has 4 rings (SSSR count). The number of pyridine rings is 1. The maximum Gasteiger partial charge on any atom is 0.0791 e. The summed E-state index contributed by atoms with van der Waals surface area (Å²) in [7, 11) is 0. The highest BCUT2D eigenvalue weighted by molar-refractivity contribution is 8.00. The fraction of sp³-hybridized carbons (Fsp3) is 0.278. The van der Waals surface area contributed by atoms with Gasteiger partial charge in [0.2, 0.25) is 0 Å². The number of thioether (sulfide) groups is 1. The number of hydrogen-bond donors (Lipinski definition) is 0. The molecule has 0 amide bonds. The summed E-state index contributed by atoms with van der Waals surface area (Å²) in [4.78, 5) is 6.24. The van der Waals surface area contributed by atoms with Crippen LogP contribution in [0.4, 0.5) is 0 Å². The molecule has 0 atom stereocenters. The molecule has 0 fully saturated rings. The molecule has 20 heavy (non-hydrogen) atoms.